The fourth-order valence-corrected chi connectivity index (χ4v) is 0.831. The van der Waals surface area contributed by atoms with E-state index >= 15 is 0 Å². The third-order valence-corrected chi connectivity index (χ3v) is 1.45. The molecule has 2 nitrogen and oxygen atoms in total. The zero-order valence-corrected chi connectivity index (χ0v) is 8.47. The van der Waals surface area contributed by atoms with Crippen molar-refractivity contribution in [2.45, 2.75) is 0 Å². The second kappa shape index (κ2) is 7.13. The van der Waals surface area contributed by atoms with E-state index in [1.165, 1.54) is 0 Å². The van der Waals surface area contributed by atoms with Crippen LogP contribution in [0.2, 0.25) is 0 Å². The summed E-state index contributed by atoms with van der Waals surface area (Å²) in [6.45, 7) is 0. The van der Waals surface area contributed by atoms with Crippen molar-refractivity contribution < 1.29 is 27.0 Å². The average Bonchev–Trinajstić information content (AvgIpc) is 2.91. The van der Waals surface area contributed by atoms with Gasteiger partial charge >= 0.3 is 17.1 Å². The molecule has 0 aliphatic heterocycles. The molecule has 2 rings (SSSR count). The van der Waals surface area contributed by atoms with Crippen LogP contribution < -0.4 is 0 Å². The minimum atomic E-state index is -0.611. The Morgan fingerprint density at radius 1 is 1.21 bits per heavy atom. The van der Waals surface area contributed by atoms with Gasteiger partial charge in [-0.3, -0.25) is 4.79 Å². The van der Waals surface area contributed by atoms with Gasteiger partial charge in [0.15, 0.2) is 0 Å². The van der Waals surface area contributed by atoms with Gasteiger partial charge in [0.2, 0.25) is 0 Å². The van der Waals surface area contributed by atoms with Crippen molar-refractivity contribution in [1.29, 1.82) is 1.43 Å². The Kier molecular flexibility index (Phi) is 5.48. The van der Waals surface area contributed by atoms with Crippen LogP contribution >= 0.6 is 0 Å². The number of carboxylic acid groups (broad SMARTS) is 1. The van der Waals surface area contributed by atoms with Gasteiger partial charge in [-0.1, -0.05) is 5.56 Å². The first kappa shape index (κ1) is 10.8. The molecule has 0 bridgehead atoms. The summed E-state index contributed by atoms with van der Waals surface area (Å²) in [6, 6.07) is 16.6. The molecule has 0 heterocycles. The minimum Gasteiger partial charge on any atom is -0.487 e. The van der Waals surface area contributed by atoms with Crippen molar-refractivity contribution >= 4 is 5.97 Å². The van der Waals surface area contributed by atoms with Gasteiger partial charge in [-0.15, -0.1) is 0 Å². The second-order valence-electron chi connectivity index (χ2n) is 2.42. The molecule has 0 unspecified atom stereocenters. The van der Waals surface area contributed by atoms with Crippen LogP contribution in [0, 0.1) is 0 Å². The van der Waals surface area contributed by atoms with Crippen LogP contribution in [0.3, 0.4) is 0 Å². The predicted molar refractivity (Wildman–Crippen MR) is 51.0 cm³/mol. The zero-order valence-electron chi connectivity index (χ0n) is 8.37. The van der Waals surface area contributed by atoms with Gasteiger partial charge < -0.3 is 5.11 Å². The largest absolute Gasteiger partial charge is 2.00 e. The maximum absolute atomic E-state index is 10.5. The standard InChI is InChI=1S/C6H5O2.C5H5.Fe/c7-6(8)5-3-1-2-4-5;1-2-4-5-3-1;/h1-4H,(H,7,8);1-5H;/q2*-1;+2/i/hD. The summed E-state index contributed by atoms with van der Waals surface area (Å²) in [5.41, 5.74) is 0.421. The fourth-order valence-electron chi connectivity index (χ4n) is 0.831. The first-order valence-electron chi connectivity index (χ1n) is 4.31. The number of rotatable bonds is 1. The Bertz CT molecular complexity index is 323. The van der Waals surface area contributed by atoms with Gasteiger partial charge in [-0.2, -0.15) is 30.3 Å². The summed E-state index contributed by atoms with van der Waals surface area (Å²) >= 11 is 0. The summed E-state index contributed by atoms with van der Waals surface area (Å²) in [6.07, 6.45) is 0. The molecule has 0 spiro atoms. The van der Waals surface area contributed by atoms with Crippen LogP contribution in [0.1, 0.15) is 10.4 Å². The monoisotopic (exact) mass is 231 g/mol. The van der Waals surface area contributed by atoms with Crippen LogP contribution in [0.5, 0.6) is 0 Å². The Balaban J connectivity index is 0.000000280. The molecule has 74 valence electrons. The summed E-state index contributed by atoms with van der Waals surface area (Å²) in [7, 11) is 0. The van der Waals surface area contributed by atoms with Gasteiger partial charge in [0.25, 0.3) is 7.40 Å². The topological polar surface area (TPSA) is 37.3 Å². The SMILES string of the molecule is [2H]OC(=O)[c-]1cccc1.[Fe+2].c1cc[cH-]c1. The summed E-state index contributed by atoms with van der Waals surface area (Å²) in [5, 5.41) is 3.71. The second-order valence-corrected chi connectivity index (χ2v) is 2.42. The fraction of sp³-hybridized carbons (Fsp3) is 0. The van der Waals surface area contributed by atoms with Crippen molar-refractivity contribution in [3.05, 3.63) is 60.2 Å². The third kappa shape index (κ3) is 4.65. The Morgan fingerprint density at radius 2 is 1.79 bits per heavy atom. The summed E-state index contributed by atoms with van der Waals surface area (Å²) < 4.78 is 6.24. The molecule has 0 aromatic heterocycles. The van der Waals surface area contributed by atoms with Crippen LogP contribution in [-0.2, 0) is 17.1 Å². The van der Waals surface area contributed by atoms with Crippen molar-refractivity contribution in [2.75, 3.05) is 0 Å². The van der Waals surface area contributed by atoms with E-state index in [1.807, 2.05) is 30.3 Å². The number of carbonyl (C=O) groups is 1. The first-order valence-corrected chi connectivity index (χ1v) is 3.90. The molecule has 0 aliphatic rings. The van der Waals surface area contributed by atoms with Gasteiger partial charge in [-0.05, 0) is 0 Å². The normalized spacial score (nSPS) is 8.71. The van der Waals surface area contributed by atoms with Gasteiger partial charge in [0, 0.05) is 0 Å². The van der Waals surface area contributed by atoms with Crippen molar-refractivity contribution in [3.63, 3.8) is 0 Å². The average molecular weight is 231 g/mol. The van der Waals surface area contributed by atoms with Crippen LogP contribution in [0.15, 0.2) is 54.6 Å². The summed E-state index contributed by atoms with van der Waals surface area (Å²) in [4.78, 5) is 10.5. The molecule has 0 atom stereocenters. The maximum Gasteiger partial charge on any atom is 2.00 e. The summed E-state index contributed by atoms with van der Waals surface area (Å²) in [5.74, 6) is -0.611. The molecule has 1 N–H and O–H groups in total. The van der Waals surface area contributed by atoms with Gasteiger partial charge in [-0.25, -0.2) is 24.3 Å². The molecule has 0 aliphatic carbocycles. The van der Waals surface area contributed by atoms with E-state index in [1.54, 1.807) is 24.3 Å². The maximum atomic E-state index is 10.5. The minimum absolute atomic E-state index is 0. The molecule has 2 aromatic rings. The van der Waals surface area contributed by atoms with E-state index in [2.05, 4.69) is 5.11 Å². The molecule has 0 saturated carbocycles. The molecule has 0 fully saturated rings. The molecule has 14 heavy (non-hydrogen) atoms. The zero-order chi connectivity index (χ0) is 10.2. The van der Waals surface area contributed by atoms with Crippen molar-refractivity contribution in [2.24, 2.45) is 0 Å². The molecule has 0 saturated heterocycles. The van der Waals surface area contributed by atoms with Crippen LogP contribution in [0.25, 0.3) is 1.43 Å². The molecule has 2 aromatic carbocycles. The molecule has 0 amide bonds. The Morgan fingerprint density at radius 3 is 2.14 bits per heavy atom. The van der Waals surface area contributed by atoms with E-state index in [0.717, 1.165) is 0 Å². The molecule has 3 heteroatoms. The van der Waals surface area contributed by atoms with E-state index in [0.29, 0.717) is 5.56 Å². The number of carboxylic acids is 1. The van der Waals surface area contributed by atoms with E-state index in [9.17, 15) is 4.79 Å². The molecular formula is C11H10FeO2. The Hall–Kier alpha value is -1.31. The number of hydrogen-bond donors (Lipinski definition) is 1. The quantitative estimate of drug-likeness (QED) is 0.604. The third-order valence-electron chi connectivity index (χ3n) is 1.45. The van der Waals surface area contributed by atoms with Crippen LogP contribution in [-0.4, -0.2) is 11.1 Å². The van der Waals surface area contributed by atoms with Crippen molar-refractivity contribution in [1.82, 2.24) is 0 Å². The van der Waals surface area contributed by atoms with E-state index < -0.39 is 5.97 Å². The molecule has 0 radical (unpaired) electrons. The molecular weight excluding hydrogens is 220 g/mol. The van der Waals surface area contributed by atoms with Gasteiger partial charge in [0.1, 0.15) is 0 Å². The first-order chi connectivity index (χ1) is 6.84. The number of hydrogen-bond acceptors (Lipinski definition) is 2. The number of aromatic carboxylic acids is 1. The Labute approximate surface area is 94.9 Å². The van der Waals surface area contributed by atoms with Crippen LogP contribution in [0.4, 0.5) is 0 Å². The predicted octanol–water partition coefficient (Wildman–Crippen LogP) is 2.51. The van der Waals surface area contributed by atoms with Crippen molar-refractivity contribution in [3.8, 4) is 0 Å². The smallest absolute Gasteiger partial charge is 0.487 e. The van der Waals surface area contributed by atoms with E-state index in [-0.39, 0.29) is 17.1 Å². The van der Waals surface area contributed by atoms with Gasteiger partial charge in [0.05, 0.1) is 0 Å². The van der Waals surface area contributed by atoms with E-state index in [4.69, 9.17) is 1.43 Å².